The molecule has 0 saturated carbocycles. The summed E-state index contributed by atoms with van der Waals surface area (Å²) in [6, 6.07) is 3.96. The summed E-state index contributed by atoms with van der Waals surface area (Å²) < 4.78 is 5.24. The van der Waals surface area contributed by atoms with Crippen LogP contribution in [0.2, 0.25) is 0 Å². The fourth-order valence-corrected chi connectivity index (χ4v) is 2.94. The van der Waals surface area contributed by atoms with Crippen LogP contribution < -0.4 is 10.1 Å². The molecule has 1 heterocycles. The maximum absolute atomic E-state index is 10.4. The van der Waals surface area contributed by atoms with E-state index in [1.165, 1.54) is 18.4 Å². The fourth-order valence-electron chi connectivity index (χ4n) is 2.94. The Balaban J connectivity index is 2.29. The van der Waals surface area contributed by atoms with Crippen LogP contribution in [0.1, 0.15) is 43.7 Å². The van der Waals surface area contributed by atoms with Gasteiger partial charge in [-0.25, -0.2) is 0 Å². The monoisotopic (exact) mass is 263 g/mol. The predicted octanol–water partition coefficient (Wildman–Crippen LogP) is 3.07. The minimum absolute atomic E-state index is 0.333. The van der Waals surface area contributed by atoms with Crippen molar-refractivity contribution in [2.45, 2.75) is 39.0 Å². The van der Waals surface area contributed by atoms with Crippen molar-refractivity contribution in [2.75, 3.05) is 20.2 Å². The molecule has 0 amide bonds. The van der Waals surface area contributed by atoms with Gasteiger partial charge in [-0.3, -0.25) is 0 Å². The number of nitrogens with one attached hydrogen (secondary N) is 1. The highest BCUT2D eigenvalue weighted by atomic mass is 16.5. The molecule has 106 valence electrons. The number of rotatable bonds is 4. The lowest BCUT2D eigenvalue weighted by molar-refractivity contribution is 0.352. The molecule has 2 N–H and O–H groups in total. The number of methoxy groups -OCH3 is 1. The summed E-state index contributed by atoms with van der Waals surface area (Å²) in [5.74, 6) is 1.95. The second-order valence-electron chi connectivity index (χ2n) is 5.76. The maximum Gasteiger partial charge on any atom is 0.161 e. The molecule has 0 bridgehead atoms. The molecule has 3 nitrogen and oxygen atoms in total. The highest BCUT2D eigenvalue weighted by Gasteiger charge is 2.20. The molecule has 2 rings (SSSR count). The lowest BCUT2D eigenvalue weighted by Crippen LogP contribution is -2.31. The predicted molar refractivity (Wildman–Crippen MR) is 78.0 cm³/mol. The Morgan fingerprint density at radius 3 is 2.79 bits per heavy atom. The van der Waals surface area contributed by atoms with Crippen LogP contribution in [0.15, 0.2) is 12.1 Å². The lowest BCUT2D eigenvalue weighted by Gasteiger charge is -2.25. The molecule has 0 aliphatic carbocycles. The first-order valence-electron chi connectivity index (χ1n) is 7.23. The van der Waals surface area contributed by atoms with Crippen LogP contribution in [0.3, 0.4) is 0 Å². The van der Waals surface area contributed by atoms with Crippen molar-refractivity contribution in [1.82, 2.24) is 5.32 Å². The van der Waals surface area contributed by atoms with Crippen molar-refractivity contribution in [1.29, 1.82) is 0 Å². The number of piperidine rings is 1. The number of phenolic OH excluding ortho intramolecular Hbond substituents is 1. The van der Waals surface area contributed by atoms with Crippen molar-refractivity contribution < 1.29 is 9.84 Å². The van der Waals surface area contributed by atoms with Gasteiger partial charge in [0.25, 0.3) is 0 Å². The summed E-state index contributed by atoms with van der Waals surface area (Å²) in [4.78, 5) is 0. The molecule has 1 aromatic carbocycles. The van der Waals surface area contributed by atoms with Crippen LogP contribution in [0, 0.1) is 5.92 Å². The maximum atomic E-state index is 10.4. The summed E-state index contributed by atoms with van der Waals surface area (Å²) in [5, 5.41) is 13.8. The summed E-state index contributed by atoms with van der Waals surface area (Å²) in [5.41, 5.74) is 2.31. The zero-order chi connectivity index (χ0) is 13.8. The van der Waals surface area contributed by atoms with Gasteiger partial charge in [-0.05, 0) is 55.8 Å². The van der Waals surface area contributed by atoms with E-state index in [-0.39, 0.29) is 0 Å². The van der Waals surface area contributed by atoms with Gasteiger partial charge >= 0.3 is 0 Å². The minimum Gasteiger partial charge on any atom is -0.504 e. The topological polar surface area (TPSA) is 41.5 Å². The van der Waals surface area contributed by atoms with Crippen molar-refractivity contribution in [3.63, 3.8) is 0 Å². The van der Waals surface area contributed by atoms with Crippen LogP contribution in [0.25, 0.3) is 0 Å². The molecule has 1 saturated heterocycles. The van der Waals surface area contributed by atoms with Crippen molar-refractivity contribution >= 4 is 0 Å². The number of ether oxygens (including phenoxy) is 1. The number of hydrogen-bond acceptors (Lipinski definition) is 3. The van der Waals surface area contributed by atoms with Gasteiger partial charge in [0.1, 0.15) is 0 Å². The standard InChI is InChI=1S/C16H25NO2/c1-11(2)13-6-7-15(19-3)16(18)14(13)9-12-5-4-8-17-10-12/h6-7,11-12,17-18H,4-5,8-10H2,1-3H3. The van der Waals surface area contributed by atoms with E-state index in [1.807, 2.05) is 6.07 Å². The SMILES string of the molecule is COc1ccc(C(C)C)c(CC2CCCNC2)c1O. The summed E-state index contributed by atoms with van der Waals surface area (Å²) >= 11 is 0. The van der Waals surface area contributed by atoms with Gasteiger partial charge in [0, 0.05) is 5.56 Å². The van der Waals surface area contributed by atoms with E-state index in [1.54, 1.807) is 7.11 Å². The zero-order valence-electron chi connectivity index (χ0n) is 12.2. The molecule has 1 aliphatic heterocycles. The number of aromatic hydroxyl groups is 1. The molecule has 0 aromatic heterocycles. The third-order valence-electron chi connectivity index (χ3n) is 4.02. The third-order valence-corrected chi connectivity index (χ3v) is 4.02. The van der Waals surface area contributed by atoms with Gasteiger partial charge in [0.15, 0.2) is 11.5 Å². The summed E-state index contributed by atoms with van der Waals surface area (Å²) in [7, 11) is 1.61. The first-order chi connectivity index (χ1) is 9.13. The van der Waals surface area contributed by atoms with E-state index >= 15 is 0 Å². The van der Waals surface area contributed by atoms with Crippen LogP contribution in [0.4, 0.5) is 0 Å². The molecule has 1 fully saturated rings. The van der Waals surface area contributed by atoms with Crippen LogP contribution in [0.5, 0.6) is 11.5 Å². The highest BCUT2D eigenvalue weighted by molar-refractivity contribution is 5.51. The van der Waals surface area contributed by atoms with E-state index in [2.05, 4.69) is 25.2 Å². The quantitative estimate of drug-likeness (QED) is 0.877. The van der Waals surface area contributed by atoms with Gasteiger partial charge in [-0.1, -0.05) is 19.9 Å². The summed E-state index contributed by atoms with van der Waals surface area (Å²) in [6.07, 6.45) is 3.40. The highest BCUT2D eigenvalue weighted by Crippen LogP contribution is 2.37. The Hall–Kier alpha value is -1.22. The molecule has 1 unspecified atom stereocenters. The summed E-state index contributed by atoms with van der Waals surface area (Å²) in [6.45, 7) is 6.51. The molecule has 0 spiro atoms. The van der Waals surface area contributed by atoms with Gasteiger partial charge in [0.2, 0.25) is 0 Å². The second kappa shape index (κ2) is 6.29. The zero-order valence-corrected chi connectivity index (χ0v) is 12.2. The number of hydrogen-bond donors (Lipinski definition) is 2. The largest absolute Gasteiger partial charge is 0.504 e. The van der Waals surface area contributed by atoms with Crippen LogP contribution >= 0.6 is 0 Å². The van der Waals surface area contributed by atoms with Crippen LogP contribution in [-0.4, -0.2) is 25.3 Å². The van der Waals surface area contributed by atoms with Gasteiger partial charge < -0.3 is 15.2 Å². The molecule has 3 heteroatoms. The Bertz CT molecular complexity index is 423. The van der Waals surface area contributed by atoms with Gasteiger partial charge in [-0.2, -0.15) is 0 Å². The fraction of sp³-hybridized carbons (Fsp3) is 0.625. The number of phenols is 1. The van der Waals surface area contributed by atoms with E-state index < -0.39 is 0 Å². The Labute approximate surface area is 116 Å². The Kier molecular flexibility index (Phi) is 4.70. The van der Waals surface area contributed by atoms with Gasteiger partial charge in [-0.15, -0.1) is 0 Å². The number of benzene rings is 1. The van der Waals surface area contributed by atoms with E-state index in [4.69, 9.17) is 4.74 Å². The average Bonchev–Trinajstić information content (AvgIpc) is 2.42. The Morgan fingerprint density at radius 1 is 1.42 bits per heavy atom. The molecule has 1 atom stereocenters. The van der Waals surface area contributed by atoms with Crippen molar-refractivity contribution in [3.8, 4) is 11.5 Å². The first-order valence-corrected chi connectivity index (χ1v) is 7.23. The molecule has 19 heavy (non-hydrogen) atoms. The Morgan fingerprint density at radius 2 is 2.21 bits per heavy atom. The molecule has 0 radical (unpaired) electrons. The average molecular weight is 263 g/mol. The third kappa shape index (κ3) is 3.21. The van der Waals surface area contributed by atoms with E-state index in [0.717, 1.165) is 25.1 Å². The lowest BCUT2D eigenvalue weighted by atomic mass is 9.86. The molecule has 1 aliphatic rings. The van der Waals surface area contributed by atoms with E-state index in [0.29, 0.717) is 23.3 Å². The second-order valence-corrected chi connectivity index (χ2v) is 5.76. The normalized spacial score (nSPS) is 19.7. The minimum atomic E-state index is 0.333. The molecule has 1 aromatic rings. The van der Waals surface area contributed by atoms with Crippen molar-refractivity contribution in [2.24, 2.45) is 5.92 Å². The smallest absolute Gasteiger partial charge is 0.161 e. The van der Waals surface area contributed by atoms with Crippen LogP contribution in [-0.2, 0) is 6.42 Å². The van der Waals surface area contributed by atoms with Crippen molar-refractivity contribution in [3.05, 3.63) is 23.3 Å². The molecular formula is C16H25NO2. The first kappa shape index (κ1) is 14.2. The molecular weight excluding hydrogens is 238 g/mol. The van der Waals surface area contributed by atoms with E-state index in [9.17, 15) is 5.11 Å². The van der Waals surface area contributed by atoms with Gasteiger partial charge in [0.05, 0.1) is 7.11 Å².